The van der Waals surface area contributed by atoms with Crippen LogP contribution in [0.2, 0.25) is 0 Å². The lowest BCUT2D eigenvalue weighted by atomic mass is 10.1. The molecule has 1 heterocycles. The van der Waals surface area contributed by atoms with Gasteiger partial charge in [-0.2, -0.15) is 0 Å². The maximum atomic E-state index is 5.42. The topological polar surface area (TPSA) is 22.1 Å². The van der Waals surface area contributed by atoms with E-state index in [1.54, 1.807) is 13.1 Å². The Hall–Kier alpha value is -2.27. The van der Waals surface area contributed by atoms with Crippen molar-refractivity contribution in [3.05, 3.63) is 48.7 Å². The molecule has 2 nitrogen and oxygen atoms in total. The molecule has 2 aromatic rings. The molecule has 0 fully saturated rings. The Bertz CT molecular complexity index is 538. The molecule has 1 aromatic heterocycles. The summed E-state index contributed by atoms with van der Waals surface area (Å²) in [6.07, 6.45) is 1.75. The van der Waals surface area contributed by atoms with E-state index in [-0.39, 0.29) is 0 Å². The summed E-state index contributed by atoms with van der Waals surface area (Å²) in [4.78, 5) is 4.15. The van der Waals surface area contributed by atoms with Crippen LogP contribution in [-0.4, -0.2) is 11.6 Å². The molecule has 0 aliphatic carbocycles. The van der Waals surface area contributed by atoms with Gasteiger partial charge < -0.3 is 4.74 Å². The molecule has 0 atom stereocenters. The summed E-state index contributed by atoms with van der Waals surface area (Å²) in [5.41, 5.74) is 2.25. The molecule has 84 valence electrons. The SMILES string of the molecule is CC#CCOc1cc(-c2ccccc2)ccn1. The smallest absolute Gasteiger partial charge is 0.214 e. The van der Waals surface area contributed by atoms with Gasteiger partial charge in [0.1, 0.15) is 0 Å². The van der Waals surface area contributed by atoms with Crippen molar-refractivity contribution in [3.63, 3.8) is 0 Å². The highest BCUT2D eigenvalue weighted by Gasteiger charge is 1.99. The van der Waals surface area contributed by atoms with E-state index in [1.165, 1.54) is 0 Å². The van der Waals surface area contributed by atoms with E-state index in [2.05, 4.69) is 29.0 Å². The third kappa shape index (κ3) is 3.09. The molecule has 0 unspecified atom stereocenters. The number of benzene rings is 1. The highest BCUT2D eigenvalue weighted by Crippen LogP contribution is 2.21. The summed E-state index contributed by atoms with van der Waals surface area (Å²) in [5.74, 6) is 6.23. The number of nitrogens with zero attached hydrogens (tertiary/aromatic N) is 1. The molecular weight excluding hydrogens is 210 g/mol. The predicted octanol–water partition coefficient (Wildman–Crippen LogP) is 3.15. The second-order valence-electron chi connectivity index (χ2n) is 3.46. The van der Waals surface area contributed by atoms with Crippen molar-refractivity contribution in [1.29, 1.82) is 0 Å². The lowest BCUT2D eigenvalue weighted by Crippen LogP contribution is -1.96. The molecule has 2 heteroatoms. The third-order valence-electron chi connectivity index (χ3n) is 2.31. The van der Waals surface area contributed by atoms with Gasteiger partial charge in [0, 0.05) is 12.3 Å². The van der Waals surface area contributed by atoms with E-state index in [1.807, 2.05) is 30.3 Å². The molecule has 0 saturated carbocycles. The van der Waals surface area contributed by atoms with Gasteiger partial charge in [-0.3, -0.25) is 0 Å². The van der Waals surface area contributed by atoms with Gasteiger partial charge in [0.15, 0.2) is 6.61 Å². The van der Waals surface area contributed by atoms with Crippen LogP contribution in [0.4, 0.5) is 0 Å². The van der Waals surface area contributed by atoms with E-state index >= 15 is 0 Å². The molecule has 2 rings (SSSR count). The Morgan fingerprint density at radius 2 is 1.94 bits per heavy atom. The van der Waals surface area contributed by atoms with Crippen LogP contribution in [0.5, 0.6) is 5.88 Å². The predicted molar refractivity (Wildman–Crippen MR) is 68.6 cm³/mol. The van der Waals surface area contributed by atoms with E-state index in [9.17, 15) is 0 Å². The lowest BCUT2D eigenvalue weighted by molar-refractivity contribution is 0.355. The van der Waals surface area contributed by atoms with E-state index in [4.69, 9.17) is 4.74 Å². The zero-order chi connectivity index (χ0) is 11.9. The molecule has 0 radical (unpaired) electrons. The summed E-state index contributed by atoms with van der Waals surface area (Å²) in [6.45, 7) is 2.17. The van der Waals surface area contributed by atoms with Crippen LogP contribution in [0.3, 0.4) is 0 Å². The van der Waals surface area contributed by atoms with E-state index in [0.29, 0.717) is 12.5 Å². The number of aromatic nitrogens is 1. The van der Waals surface area contributed by atoms with Crippen molar-refractivity contribution in [1.82, 2.24) is 4.98 Å². The van der Waals surface area contributed by atoms with E-state index in [0.717, 1.165) is 11.1 Å². The van der Waals surface area contributed by atoms with Gasteiger partial charge in [-0.1, -0.05) is 36.3 Å². The fourth-order valence-corrected chi connectivity index (χ4v) is 1.48. The quantitative estimate of drug-likeness (QED) is 0.746. The van der Waals surface area contributed by atoms with Gasteiger partial charge in [-0.05, 0) is 24.1 Å². The van der Waals surface area contributed by atoms with Crippen LogP contribution >= 0.6 is 0 Å². The molecule has 17 heavy (non-hydrogen) atoms. The first-order valence-corrected chi connectivity index (χ1v) is 5.44. The minimum atomic E-state index is 0.377. The fourth-order valence-electron chi connectivity index (χ4n) is 1.48. The molecule has 1 aromatic carbocycles. The molecule has 0 saturated heterocycles. The van der Waals surface area contributed by atoms with Crippen LogP contribution in [-0.2, 0) is 0 Å². The number of pyridine rings is 1. The molecule has 0 aliphatic rings. The molecule has 0 amide bonds. The second-order valence-corrected chi connectivity index (χ2v) is 3.46. The summed E-state index contributed by atoms with van der Waals surface area (Å²) < 4.78 is 5.42. The van der Waals surface area contributed by atoms with Crippen molar-refractivity contribution < 1.29 is 4.74 Å². The van der Waals surface area contributed by atoms with Gasteiger partial charge in [-0.15, -0.1) is 5.92 Å². The first-order valence-electron chi connectivity index (χ1n) is 5.44. The minimum Gasteiger partial charge on any atom is -0.464 e. The van der Waals surface area contributed by atoms with Crippen LogP contribution in [0.25, 0.3) is 11.1 Å². The first kappa shape index (κ1) is 11.2. The van der Waals surface area contributed by atoms with Crippen LogP contribution < -0.4 is 4.74 Å². The third-order valence-corrected chi connectivity index (χ3v) is 2.31. The summed E-state index contributed by atoms with van der Waals surface area (Å²) in [6, 6.07) is 14.0. The molecule has 0 bridgehead atoms. The Balaban J connectivity index is 2.19. The Labute approximate surface area is 101 Å². The van der Waals surface area contributed by atoms with Gasteiger partial charge in [-0.25, -0.2) is 4.98 Å². The first-order chi connectivity index (χ1) is 8.40. The maximum absolute atomic E-state index is 5.42. The highest BCUT2D eigenvalue weighted by atomic mass is 16.5. The average molecular weight is 223 g/mol. The van der Waals surface area contributed by atoms with Gasteiger partial charge in [0.2, 0.25) is 5.88 Å². The van der Waals surface area contributed by atoms with Crippen molar-refractivity contribution in [2.45, 2.75) is 6.92 Å². The average Bonchev–Trinajstić information content (AvgIpc) is 2.41. The standard InChI is InChI=1S/C15H13NO/c1-2-3-11-17-15-12-14(9-10-16-15)13-7-5-4-6-8-13/h4-10,12H,11H2,1H3. The van der Waals surface area contributed by atoms with Gasteiger partial charge >= 0.3 is 0 Å². The van der Waals surface area contributed by atoms with Crippen molar-refractivity contribution in [2.75, 3.05) is 6.61 Å². The zero-order valence-corrected chi connectivity index (χ0v) is 9.68. The van der Waals surface area contributed by atoms with Crippen LogP contribution in [0, 0.1) is 11.8 Å². The van der Waals surface area contributed by atoms with Gasteiger partial charge in [0.25, 0.3) is 0 Å². The van der Waals surface area contributed by atoms with E-state index < -0.39 is 0 Å². The van der Waals surface area contributed by atoms with Crippen molar-refractivity contribution in [2.24, 2.45) is 0 Å². The maximum Gasteiger partial charge on any atom is 0.214 e. The summed E-state index contributed by atoms with van der Waals surface area (Å²) in [7, 11) is 0. The number of ether oxygens (including phenoxy) is 1. The number of hydrogen-bond acceptors (Lipinski definition) is 2. The lowest BCUT2D eigenvalue weighted by Gasteiger charge is -2.04. The largest absolute Gasteiger partial charge is 0.464 e. The van der Waals surface area contributed by atoms with Crippen molar-refractivity contribution >= 4 is 0 Å². The zero-order valence-electron chi connectivity index (χ0n) is 9.68. The minimum absolute atomic E-state index is 0.377. The monoisotopic (exact) mass is 223 g/mol. The Morgan fingerprint density at radius 1 is 1.12 bits per heavy atom. The Kier molecular flexibility index (Phi) is 3.77. The molecule has 0 spiro atoms. The molecule has 0 N–H and O–H groups in total. The Morgan fingerprint density at radius 3 is 2.71 bits per heavy atom. The summed E-state index contributed by atoms with van der Waals surface area (Å²) in [5, 5.41) is 0. The normalized spacial score (nSPS) is 9.24. The fraction of sp³-hybridized carbons (Fsp3) is 0.133. The van der Waals surface area contributed by atoms with Crippen molar-refractivity contribution in [3.8, 4) is 28.8 Å². The summed E-state index contributed by atoms with van der Waals surface area (Å²) >= 11 is 0. The second kappa shape index (κ2) is 5.72. The molecular formula is C15H13NO. The number of rotatable bonds is 3. The molecule has 0 aliphatic heterocycles. The van der Waals surface area contributed by atoms with Crippen LogP contribution in [0.1, 0.15) is 6.92 Å². The highest BCUT2D eigenvalue weighted by molar-refractivity contribution is 5.63. The van der Waals surface area contributed by atoms with Gasteiger partial charge in [0.05, 0.1) is 0 Å². The number of hydrogen-bond donors (Lipinski definition) is 0. The van der Waals surface area contributed by atoms with Crippen LogP contribution in [0.15, 0.2) is 48.7 Å².